The summed E-state index contributed by atoms with van der Waals surface area (Å²) in [6.45, 7) is 0. The molecule has 0 aliphatic rings. The summed E-state index contributed by atoms with van der Waals surface area (Å²) in [6.07, 6.45) is 3.94. The van der Waals surface area contributed by atoms with Gasteiger partial charge >= 0.3 is 5.97 Å². The highest BCUT2D eigenvalue weighted by atomic mass is 32.1. The second-order valence-electron chi connectivity index (χ2n) is 3.62. The Balaban J connectivity index is 2.33. The molecule has 94 valence electrons. The maximum Gasteiger partial charge on any atom is 0.337 e. The Morgan fingerprint density at radius 1 is 1.44 bits per heavy atom. The number of rotatable bonds is 4. The zero-order valence-electron chi connectivity index (χ0n) is 10.2. The molecule has 5 heteroatoms. The quantitative estimate of drug-likeness (QED) is 0.861. The Morgan fingerprint density at radius 2 is 2.17 bits per heavy atom. The average molecular weight is 262 g/mol. The van der Waals surface area contributed by atoms with Crippen LogP contribution in [0.5, 0.6) is 0 Å². The van der Waals surface area contributed by atoms with E-state index in [1.165, 1.54) is 7.11 Å². The molecule has 0 aliphatic heterocycles. The molecule has 2 aromatic rings. The van der Waals surface area contributed by atoms with Crippen molar-refractivity contribution in [1.29, 1.82) is 0 Å². The van der Waals surface area contributed by atoms with E-state index in [4.69, 9.17) is 4.74 Å². The summed E-state index contributed by atoms with van der Waals surface area (Å²) in [6, 6.07) is 7.33. The lowest BCUT2D eigenvalue weighted by Crippen LogP contribution is -2.08. The van der Waals surface area contributed by atoms with Crippen LogP contribution in [0.15, 0.2) is 35.8 Å². The number of carbonyl (C=O) groups excluding carboxylic acids is 1. The zero-order valence-corrected chi connectivity index (χ0v) is 11.0. The van der Waals surface area contributed by atoms with Crippen LogP contribution < -0.4 is 5.32 Å². The summed E-state index contributed by atoms with van der Waals surface area (Å²) in [7, 11) is 3.23. The zero-order chi connectivity index (χ0) is 13.0. The van der Waals surface area contributed by atoms with Crippen molar-refractivity contribution in [2.45, 2.75) is 0 Å². The number of aromatic nitrogens is 1. The Hall–Kier alpha value is -2.01. The van der Waals surface area contributed by atoms with E-state index >= 15 is 0 Å². The van der Waals surface area contributed by atoms with Gasteiger partial charge < -0.3 is 10.1 Å². The van der Waals surface area contributed by atoms with Crippen LogP contribution in [0.1, 0.15) is 15.9 Å². The number of methoxy groups -OCH3 is 1. The average Bonchev–Trinajstić information content (AvgIpc) is 2.37. The second-order valence-corrected chi connectivity index (χ2v) is 4.52. The van der Waals surface area contributed by atoms with Crippen molar-refractivity contribution < 1.29 is 9.53 Å². The first kappa shape index (κ1) is 12.4. The van der Waals surface area contributed by atoms with E-state index in [-0.39, 0.29) is 5.97 Å². The minimum absolute atomic E-state index is 0.328. The molecule has 1 N–H and O–H groups in total. The predicted molar refractivity (Wildman–Crippen MR) is 73.3 cm³/mol. The van der Waals surface area contributed by atoms with Gasteiger partial charge in [0.1, 0.15) is 0 Å². The molecule has 0 saturated heterocycles. The Kier molecular flexibility index (Phi) is 3.84. The number of hydrogen-bond acceptors (Lipinski definition) is 4. The first-order valence-corrected chi connectivity index (χ1v) is 6.28. The van der Waals surface area contributed by atoms with Crippen LogP contribution in [-0.2, 0) is 4.74 Å². The number of benzene rings is 1. The molecule has 0 unspecified atom stereocenters. The van der Waals surface area contributed by atoms with Gasteiger partial charge in [-0.25, -0.2) is 4.79 Å². The van der Waals surface area contributed by atoms with Crippen molar-refractivity contribution >= 4 is 29.4 Å². The first-order valence-electron chi connectivity index (χ1n) is 5.44. The van der Waals surface area contributed by atoms with Crippen molar-refractivity contribution in [2.75, 3.05) is 14.2 Å². The van der Waals surface area contributed by atoms with Crippen LogP contribution in [0.2, 0.25) is 0 Å². The number of ether oxygens (including phenoxy) is 1. The van der Waals surface area contributed by atoms with Gasteiger partial charge in [0.25, 0.3) is 0 Å². The van der Waals surface area contributed by atoms with E-state index in [1.807, 2.05) is 47.0 Å². The molecule has 1 aromatic heterocycles. The Bertz CT molecular complexity index is 560. The van der Waals surface area contributed by atoms with Crippen LogP contribution in [0.3, 0.4) is 0 Å². The summed E-state index contributed by atoms with van der Waals surface area (Å²) < 4.78 is 6.70. The van der Waals surface area contributed by atoms with Crippen LogP contribution in [-0.4, -0.2) is 24.1 Å². The molecule has 0 radical (unpaired) electrons. The van der Waals surface area contributed by atoms with Crippen LogP contribution in [0, 0.1) is 0 Å². The maximum absolute atomic E-state index is 11.5. The molecule has 2 rings (SSSR count). The van der Waals surface area contributed by atoms with Crippen molar-refractivity contribution in [3.8, 4) is 0 Å². The van der Waals surface area contributed by atoms with Crippen LogP contribution >= 0.6 is 11.5 Å². The molecule has 4 nitrogen and oxygen atoms in total. The topological polar surface area (TPSA) is 43.3 Å². The van der Waals surface area contributed by atoms with E-state index in [1.54, 1.807) is 17.6 Å². The molecule has 0 amide bonds. The number of hydrogen-bond donors (Lipinski definition) is 1. The van der Waals surface area contributed by atoms with Gasteiger partial charge in [0.05, 0.1) is 18.4 Å². The lowest BCUT2D eigenvalue weighted by molar-refractivity contribution is 0.0600. The Morgan fingerprint density at radius 3 is 2.72 bits per heavy atom. The highest BCUT2D eigenvalue weighted by Gasteiger charge is 2.07. The van der Waals surface area contributed by atoms with E-state index in [9.17, 15) is 4.79 Å². The fourth-order valence-corrected chi connectivity index (χ4v) is 1.98. The molecule has 0 spiro atoms. The maximum atomic E-state index is 11.5. The number of nitrogens with zero attached hydrogens (tertiary/aromatic N) is 1. The molecule has 0 saturated carbocycles. The monoisotopic (exact) mass is 262 g/mol. The highest BCUT2D eigenvalue weighted by molar-refractivity contribution is 7.05. The molecule has 1 heterocycles. The van der Waals surface area contributed by atoms with Gasteiger partial charge in [0, 0.05) is 24.8 Å². The smallest absolute Gasteiger partial charge is 0.337 e. The fourth-order valence-electron chi connectivity index (χ4n) is 1.55. The Labute approximate surface area is 110 Å². The van der Waals surface area contributed by atoms with Crippen LogP contribution in [0.4, 0.5) is 0 Å². The fraction of sp³-hybridized carbons (Fsp3) is 0.154. The number of carbonyl (C=O) groups is 1. The van der Waals surface area contributed by atoms with Crippen molar-refractivity contribution in [2.24, 2.45) is 0 Å². The lowest BCUT2D eigenvalue weighted by atomic mass is 10.1. The summed E-state index contributed by atoms with van der Waals surface area (Å²) in [5, 5.41) is 5.12. The number of nitrogens with one attached hydrogen (secondary N) is 1. The molecule has 0 aliphatic carbocycles. The molecule has 0 atom stereocenters. The summed E-state index contributed by atoms with van der Waals surface area (Å²) in [5.41, 5.74) is 2.43. The third-order valence-electron chi connectivity index (χ3n) is 2.51. The summed E-state index contributed by atoms with van der Waals surface area (Å²) in [5.74, 6) is -0.328. The lowest BCUT2D eigenvalue weighted by Gasteiger charge is -2.10. The molecular formula is C13H14N2O2S. The van der Waals surface area contributed by atoms with Crippen LogP contribution in [0.25, 0.3) is 11.9 Å². The number of esters is 1. The molecular weight excluding hydrogens is 248 g/mol. The van der Waals surface area contributed by atoms with Crippen molar-refractivity contribution in [3.63, 3.8) is 0 Å². The molecule has 18 heavy (non-hydrogen) atoms. The molecule has 0 bridgehead atoms. The second kappa shape index (κ2) is 5.55. The van der Waals surface area contributed by atoms with Gasteiger partial charge in [-0.1, -0.05) is 23.7 Å². The molecule has 0 fully saturated rings. The SMILES string of the molecule is CN/C(=C\n1ccs1)c1cccc(C(=O)OC)c1. The normalized spacial score (nSPS) is 11.3. The van der Waals surface area contributed by atoms with Gasteiger partial charge in [-0.3, -0.25) is 3.96 Å². The third-order valence-corrected chi connectivity index (χ3v) is 3.22. The highest BCUT2D eigenvalue weighted by Crippen LogP contribution is 2.16. The van der Waals surface area contributed by atoms with E-state index < -0.39 is 0 Å². The van der Waals surface area contributed by atoms with Crippen molar-refractivity contribution in [3.05, 3.63) is 47.0 Å². The minimum Gasteiger partial charge on any atom is -0.465 e. The minimum atomic E-state index is -0.328. The van der Waals surface area contributed by atoms with Gasteiger partial charge in [-0.05, 0) is 17.7 Å². The van der Waals surface area contributed by atoms with Gasteiger partial charge in [-0.15, -0.1) is 0 Å². The van der Waals surface area contributed by atoms with Gasteiger partial charge in [-0.2, -0.15) is 0 Å². The van der Waals surface area contributed by atoms with Gasteiger partial charge in [0.15, 0.2) is 0 Å². The van der Waals surface area contributed by atoms with E-state index in [0.29, 0.717) is 5.56 Å². The van der Waals surface area contributed by atoms with E-state index in [0.717, 1.165) is 11.3 Å². The standard InChI is InChI=1S/C13H14N2O2S/c1-14-12(9-15-6-7-18-15)10-4-3-5-11(8-10)13(16)17-2/h3-9,14H,1-2H3/b12-9-. The third kappa shape index (κ3) is 2.62. The van der Waals surface area contributed by atoms with E-state index in [2.05, 4.69) is 5.32 Å². The molecule has 1 aromatic carbocycles. The first-order chi connectivity index (χ1) is 8.74. The summed E-state index contributed by atoms with van der Waals surface area (Å²) in [4.78, 5) is 11.5. The van der Waals surface area contributed by atoms with Crippen molar-refractivity contribution in [1.82, 2.24) is 9.27 Å². The summed E-state index contributed by atoms with van der Waals surface area (Å²) >= 11 is 1.60. The predicted octanol–water partition coefficient (Wildman–Crippen LogP) is 2.51. The van der Waals surface area contributed by atoms with Gasteiger partial charge in [0.2, 0.25) is 0 Å². The largest absolute Gasteiger partial charge is 0.465 e.